The molecule has 0 aromatic carbocycles. The van der Waals surface area contributed by atoms with Gasteiger partial charge in [-0.05, 0) is 12.8 Å². The van der Waals surface area contributed by atoms with Crippen LogP contribution in [0.5, 0.6) is 0 Å². The summed E-state index contributed by atoms with van der Waals surface area (Å²) in [4.78, 5) is 80.4. The molecule has 0 saturated heterocycles. The molecule has 4 unspecified atom stereocenters. The van der Waals surface area contributed by atoms with E-state index in [1.807, 2.05) is 5.32 Å². The van der Waals surface area contributed by atoms with Crippen LogP contribution in [0.15, 0.2) is 0 Å². The van der Waals surface area contributed by atoms with E-state index < -0.39 is 98.0 Å². The van der Waals surface area contributed by atoms with Crippen LogP contribution in [-0.2, 0) is 33.6 Å². The Hall–Kier alpha value is -3.79. The molecule has 0 aliphatic rings. The second-order valence-corrected chi connectivity index (χ2v) is 6.85. The van der Waals surface area contributed by atoms with Crippen LogP contribution in [0, 0.1) is 0 Å². The predicted octanol–water partition coefficient (Wildman–Crippen LogP) is -4.55. The molecule has 16 heteroatoms. The smallest absolute Gasteiger partial charge is 0.326 e. The number of amides is 4. The Morgan fingerprint density at radius 3 is 1.61 bits per heavy atom. The van der Waals surface area contributed by atoms with Gasteiger partial charge in [0.1, 0.15) is 18.1 Å². The maximum atomic E-state index is 12.4. The van der Waals surface area contributed by atoms with Gasteiger partial charge in [0.25, 0.3) is 0 Å². The van der Waals surface area contributed by atoms with Crippen molar-refractivity contribution in [2.45, 2.75) is 56.3 Å². The van der Waals surface area contributed by atoms with Crippen LogP contribution in [0.1, 0.15) is 32.1 Å². The Balaban J connectivity index is 5.32. The summed E-state index contributed by atoms with van der Waals surface area (Å²) >= 11 is 0. The standard InChI is InChI=1S/C17H27N5O11/c18-7(1-3-12(25)26)14(29)22-10(6-23)16(31)20-8(2-4-13(27)28)15(30)21-9(17(32)33)5-11(19)24/h7-10,23H,1-6,18H2,(H2,19,24)(H,20,31)(H,21,30)(H,22,29)(H,25,26)(H,27,28)(H,32,33). The molecule has 0 rings (SSSR count). The minimum atomic E-state index is -1.75. The van der Waals surface area contributed by atoms with Crippen LogP contribution in [0.2, 0.25) is 0 Å². The van der Waals surface area contributed by atoms with E-state index in [4.69, 9.17) is 26.8 Å². The Labute approximate surface area is 186 Å². The molecular formula is C17H27N5O11. The van der Waals surface area contributed by atoms with Gasteiger partial charge in [-0.1, -0.05) is 0 Å². The summed E-state index contributed by atoms with van der Waals surface area (Å²) in [6.07, 6.45) is -2.59. The highest BCUT2D eigenvalue weighted by Gasteiger charge is 2.31. The average molecular weight is 477 g/mol. The van der Waals surface area contributed by atoms with E-state index in [0.29, 0.717) is 0 Å². The number of aliphatic hydroxyl groups excluding tert-OH is 1. The summed E-state index contributed by atoms with van der Waals surface area (Å²) in [5.41, 5.74) is 10.4. The number of carboxylic acids is 3. The molecule has 4 atom stereocenters. The molecule has 186 valence electrons. The summed E-state index contributed by atoms with van der Waals surface area (Å²) in [7, 11) is 0. The predicted molar refractivity (Wildman–Crippen MR) is 106 cm³/mol. The maximum absolute atomic E-state index is 12.4. The van der Waals surface area contributed by atoms with Crippen LogP contribution in [-0.4, -0.2) is 92.7 Å². The number of carbonyl (C=O) groups excluding carboxylic acids is 4. The molecule has 33 heavy (non-hydrogen) atoms. The third-order valence-corrected chi connectivity index (χ3v) is 4.12. The maximum Gasteiger partial charge on any atom is 0.326 e. The van der Waals surface area contributed by atoms with Crippen LogP contribution >= 0.6 is 0 Å². The van der Waals surface area contributed by atoms with E-state index >= 15 is 0 Å². The van der Waals surface area contributed by atoms with E-state index in [1.54, 1.807) is 0 Å². The van der Waals surface area contributed by atoms with E-state index in [-0.39, 0.29) is 6.42 Å². The van der Waals surface area contributed by atoms with Crippen LogP contribution in [0.25, 0.3) is 0 Å². The number of carbonyl (C=O) groups is 7. The first-order valence-electron chi connectivity index (χ1n) is 9.50. The molecule has 0 fully saturated rings. The Morgan fingerprint density at radius 2 is 1.15 bits per heavy atom. The zero-order valence-electron chi connectivity index (χ0n) is 17.4. The topological polar surface area (TPSA) is 289 Å². The van der Waals surface area contributed by atoms with Gasteiger partial charge in [0.15, 0.2) is 0 Å². The number of nitrogens with one attached hydrogen (secondary N) is 3. The number of aliphatic hydroxyl groups is 1. The largest absolute Gasteiger partial charge is 0.481 e. The van der Waals surface area contributed by atoms with Gasteiger partial charge >= 0.3 is 17.9 Å². The van der Waals surface area contributed by atoms with Gasteiger partial charge in [-0.3, -0.25) is 28.8 Å². The zero-order chi connectivity index (χ0) is 25.7. The molecule has 0 bridgehead atoms. The molecule has 0 aliphatic carbocycles. The number of aliphatic carboxylic acids is 3. The van der Waals surface area contributed by atoms with Crippen molar-refractivity contribution in [2.24, 2.45) is 11.5 Å². The first-order valence-corrected chi connectivity index (χ1v) is 9.50. The van der Waals surface area contributed by atoms with Gasteiger partial charge in [0.05, 0.1) is 19.1 Å². The monoisotopic (exact) mass is 477 g/mol. The van der Waals surface area contributed by atoms with E-state index in [1.165, 1.54) is 0 Å². The molecule has 0 aliphatic heterocycles. The van der Waals surface area contributed by atoms with Crippen molar-refractivity contribution in [1.82, 2.24) is 16.0 Å². The summed E-state index contributed by atoms with van der Waals surface area (Å²) in [5.74, 6) is -8.46. The fourth-order valence-corrected chi connectivity index (χ4v) is 2.37. The number of carboxylic acid groups (broad SMARTS) is 3. The van der Waals surface area contributed by atoms with Crippen molar-refractivity contribution in [1.29, 1.82) is 0 Å². The number of hydrogen-bond acceptors (Lipinski definition) is 9. The lowest BCUT2D eigenvalue weighted by Gasteiger charge is -2.24. The summed E-state index contributed by atoms with van der Waals surface area (Å²) < 4.78 is 0. The number of rotatable bonds is 16. The van der Waals surface area contributed by atoms with E-state index in [9.17, 15) is 38.7 Å². The first-order chi connectivity index (χ1) is 15.3. The molecule has 0 spiro atoms. The van der Waals surface area contributed by atoms with Crippen LogP contribution in [0.3, 0.4) is 0 Å². The van der Waals surface area contributed by atoms with Gasteiger partial charge < -0.3 is 47.8 Å². The number of hydrogen-bond donors (Lipinski definition) is 9. The highest BCUT2D eigenvalue weighted by Crippen LogP contribution is 2.03. The Kier molecular flexibility index (Phi) is 12.7. The normalized spacial score (nSPS) is 14.1. The van der Waals surface area contributed by atoms with Crippen LogP contribution in [0.4, 0.5) is 0 Å². The highest BCUT2D eigenvalue weighted by molar-refractivity contribution is 5.95. The van der Waals surface area contributed by atoms with Crippen molar-refractivity contribution in [3.8, 4) is 0 Å². The first kappa shape index (κ1) is 29.2. The molecular weight excluding hydrogens is 450 g/mol. The van der Waals surface area contributed by atoms with Crippen molar-refractivity contribution in [3.63, 3.8) is 0 Å². The Bertz CT molecular complexity index is 772. The SMILES string of the molecule is NC(=O)CC(NC(=O)C(CCC(=O)O)NC(=O)C(CO)NC(=O)C(N)CCC(=O)O)C(=O)O. The lowest BCUT2D eigenvalue weighted by molar-refractivity contribution is -0.144. The second-order valence-electron chi connectivity index (χ2n) is 6.85. The van der Waals surface area contributed by atoms with Crippen LogP contribution < -0.4 is 27.4 Å². The summed E-state index contributed by atoms with van der Waals surface area (Å²) in [6.45, 7) is -0.962. The lowest BCUT2D eigenvalue weighted by atomic mass is 10.1. The molecule has 0 saturated carbocycles. The van der Waals surface area contributed by atoms with Crippen molar-refractivity contribution in [2.75, 3.05) is 6.61 Å². The fraction of sp³-hybridized carbons (Fsp3) is 0.588. The molecule has 11 N–H and O–H groups in total. The van der Waals surface area contributed by atoms with Gasteiger partial charge in [-0.2, -0.15) is 0 Å². The molecule has 0 radical (unpaired) electrons. The minimum absolute atomic E-state index is 0.263. The number of nitrogens with two attached hydrogens (primary N) is 2. The Morgan fingerprint density at radius 1 is 0.697 bits per heavy atom. The fourth-order valence-electron chi connectivity index (χ4n) is 2.37. The quantitative estimate of drug-likeness (QED) is 0.101. The number of primary amides is 1. The summed E-state index contributed by atoms with van der Waals surface area (Å²) in [5, 5.41) is 42.0. The summed E-state index contributed by atoms with van der Waals surface area (Å²) in [6, 6.07) is -6.33. The zero-order valence-corrected chi connectivity index (χ0v) is 17.4. The van der Waals surface area contributed by atoms with Crippen molar-refractivity contribution in [3.05, 3.63) is 0 Å². The van der Waals surface area contributed by atoms with Crippen molar-refractivity contribution < 1.29 is 54.0 Å². The van der Waals surface area contributed by atoms with E-state index in [2.05, 4.69) is 10.6 Å². The molecule has 0 heterocycles. The van der Waals surface area contributed by atoms with Gasteiger partial charge in [-0.25, -0.2) is 4.79 Å². The molecule has 4 amide bonds. The molecule has 16 nitrogen and oxygen atoms in total. The van der Waals surface area contributed by atoms with Gasteiger partial charge in [-0.15, -0.1) is 0 Å². The third kappa shape index (κ3) is 12.0. The molecule has 0 aromatic heterocycles. The third-order valence-electron chi connectivity index (χ3n) is 4.12. The second kappa shape index (κ2) is 14.3. The average Bonchev–Trinajstić information content (AvgIpc) is 2.71. The van der Waals surface area contributed by atoms with Gasteiger partial charge in [0, 0.05) is 12.8 Å². The van der Waals surface area contributed by atoms with E-state index in [0.717, 1.165) is 0 Å². The minimum Gasteiger partial charge on any atom is -0.481 e. The van der Waals surface area contributed by atoms with Crippen molar-refractivity contribution >= 4 is 41.5 Å². The lowest BCUT2D eigenvalue weighted by Crippen LogP contribution is -2.58. The highest BCUT2D eigenvalue weighted by atomic mass is 16.4. The molecule has 0 aromatic rings. The van der Waals surface area contributed by atoms with Gasteiger partial charge in [0.2, 0.25) is 23.6 Å².